The Morgan fingerprint density at radius 2 is 1.94 bits per heavy atom. The number of nitrogens with zero attached hydrogens (tertiary/aromatic N) is 2. The smallest absolute Gasteiger partial charge is 0.253 e. The van der Waals surface area contributed by atoms with E-state index in [0.717, 1.165) is 11.5 Å². The van der Waals surface area contributed by atoms with E-state index >= 15 is 0 Å². The zero-order valence-electron chi connectivity index (χ0n) is 8.71. The fourth-order valence-corrected chi connectivity index (χ4v) is 3.05. The van der Waals surface area contributed by atoms with Crippen LogP contribution in [0.2, 0.25) is 5.02 Å². The molecule has 1 aromatic heterocycles. The molecule has 0 amide bonds. The summed E-state index contributed by atoms with van der Waals surface area (Å²) in [6.07, 6.45) is 0. The first-order valence-corrected chi connectivity index (χ1v) is 7.19. The fourth-order valence-electron chi connectivity index (χ4n) is 1.13. The number of nitrogens with one attached hydrogen (secondary N) is 1. The topological polar surface area (TPSA) is 72.0 Å². The van der Waals surface area contributed by atoms with Gasteiger partial charge in [-0.05, 0) is 31.2 Å². The molecule has 0 unspecified atom stereocenters. The van der Waals surface area contributed by atoms with Gasteiger partial charge in [0.05, 0.1) is 4.90 Å². The van der Waals surface area contributed by atoms with Gasteiger partial charge in [0.2, 0.25) is 5.13 Å². The number of anilines is 1. The zero-order valence-corrected chi connectivity index (χ0v) is 11.1. The molecule has 0 spiro atoms. The van der Waals surface area contributed by atoms with Crippen molar-refractivity contribution in [1.29, 1.82) is 0 Å². The maximum Gasteiger partial charge on any atom is 0.263 e. The van der Waals surface area contributed by atoms with Gasteiger partial charge in [-0.1, -0.05) is 11.6 Å². The molecule has 0 aliphatic carbocycles. The number of halogens is 1. The zero-order chi connectivity index (χ0) is 12.5. The van der Waals surface area contributed by atoms with Crippen molar-refractivity contribution in [3.8, 4) is 0 Å². The van der Waals surface area contributed by atoms with Crippen molar-refractivity contribution in [3.05, 3.63) is 35.1 Å². The molecular weight excluding hydrogens is 282 g/mol. The van der Waals surface area contributed by atoms with Crippen molar-refractivity contribution in [2.75, 3.05) is 4.72 Å². The largest absolute Gasteiger partial charge is 0.263 e. The van der Waals surface area contributed by atoms with Gasteiger partial charge in [-0.3, -0.25) is 4.72 Å². The SMILES string of the molecule is Cc1nsc(NS(=O)(=O)c2ccc(Cl)cc2)n1. The van der Waals surface area contributed by atoms with Crippen LogP contribution in [0.25, 0.3) is 0 Å². The molecule has 2 rings (SSSR count). The predicted octanol–water partition coefficient (Wildman–Crippen LogP) is 2.30. The lowest BCUT2D eigenvalue weighted by molar-refractivity contribution is 0.601. The van der Waals surface area contributed by atoms with E-state index in [1.807, 2.05) is 0 Å². The highest BCUT2D eigenvalue weighted by atomic mass is 35.5. The minimum absolute atomic E-state index is 0.134. The van der Waals surface area contributed by atoms with Gasteiger partial charge in [-0.15, -0.1) is 0 Å². The number of aryl methyl sites for hydroxylation is 1. The summed E-state index contributed by atoms with van der Waals surface area (Å²) in [5, 5.41) is 0.730. The summed E-state index contributed by atoms with van der Waals surface area (Å²) in [5.74, 6) is 0.531. The first-order valence-electron chi connectivity index (χ1n) is 4.56. The van der Waals surface area contributed by atoms with Crippen LogP contribution in [0.3, 0.4) is 0 Å². The molecule has 1 N–H and O–H groups in total. The third-order valence-electron chi connectivity index (χ3n) is 1.87. The van der Waals surface area contributed by atoms with E-state index in [0.29, 0.717) is 10.8 Å². The van der Waals surface area contributed by atoms with Crippen molar-refractivity contribution in [2.24, 2.45) is 0 Å². The molecule has 0 saturated carbocycles. The quantitative estimate of drug-likeness (QED) is 0.941. The van der Waals surface area contributed by atoms with E-state index in [1.165, 1.54) is 24.3 Å². The summed E-state index contributed by atoms with van der Waals surface area (Å²) >= 11 is 6.69. The van der Waals surface area contributed by atoms with Crippen LogP contribution >= 0.6 is 23.1 Å². The summed E-state index contributed by atoms with van der Waals surface area (Å²) in [5.41, 5.74) is 0. The minimum Gasteiger partial charge on any atom is -0.253 e. The highest BCUT2D eigenvalue weighted by Crippen LogP contribution is 2.19. The molecular formula is C9H8ClN3O2S2. The second kappa shape index (κ2) is 4.59. The van der Waals surface area contributed by atoms with Crippen LogP contribution in [0.4, 0.5) is 5.13 Å². The molecule has 90 valence electrons. The van der Waals surface area contributed by atoms with Crippen LogP contribution in [0.15, 0.2) is 29.2 Å². The third kappa shape index (κ3) is 2.93. The van der Waals surface area contributed by atoms with Gasteiger partial charge in [0.15, 0.2) is 0 Å². The Bertz CT molecular complexity index is 622. The summed E-state index contributed by atoms with van der Waals surface area (Å²) in [4.78, 5) is 4.06. The van der Waals surface area contributed by atoms with Crippen molar-refractivity contribution < 1.29 is 8.42 Å². The Hall–Kier alpha value is -1.18. The standard InChI is InChI=1S/C9H8ClN3O2S2/c1-6-11-9(16-12-6)13-17(14,15)8-4-2-7(10)3-5-8/h2-5H,1H3,(H,11,12,13). The molecule has 0 bridgehead atoms. The Balaban J connectivity index is 2.28. The second-order valence-corrected chi connectivity index (χ2v) is 6.08. The molecule has 0 atom stereocenters. The average Bonchev–Trinajstić information content (AvgIpc) is 2.63. The molecule has 1 aromatic carbocycles. The van der Waals surface area contributed by atoms with Gasteiger partial charge in [0, 0.05) is 16.6 Å². The van der Waals surface area contributed by atoms with Crippen molar-refractivity contribution in [1.82, 2.24) is 9.36 Å². The molecule has 5 nitrogen and oxygen atoms in total. The van der Waals surface area contributed by atoms with Gasteiger partial charge in [-0.25, -0.2) is 13.4 Å². The Morgan fingerprint density at radius 1 is 1.29 bits per heavy atom. The number of hydrogen-bond donors (Lipinski definition) is 1. The van der Waals surface area contributed by atoms with Crippen LogP contribution in [0.5, 0.6) is 0 Å². The number of sulfonamides is 1. The summed E-state index contributed by atoms with van der Waals surface area (Å²) in [7, 11) is -3.62. The average molecular weight is 290 g/mol. The first-order chi connectivity index (χ1) is 7.97. The van der Waals surface area contributed by atoms with E-state index in [2.05, 4.69) is 14.1 Å². The van der Waals surface area contributed by atoms with Crippen LogP contribution in [-0.2, 0) is 10.0 Å². The molecule has 0 radical (unpaired) electrons. The Kier molecular flexibility index (Phi) is 3.32. The van der Waals surface area contributed by atoms with Crippen molar-refractivity contribution in [2.45, 2.75) is 11.8 Å². The Labute approximate surface area is 108 Å². The van der Waals surface area contributed by atoms with E-state index < -0.39 is 10.0 Å². The van der Waals surface area contributed by atoms with Crippen LogP contribution in [-0.4, -0.2) is 17.8 Å². The van der Waals surface area contributed by atoms with Crippen LogP contribution < -0.4 is 4.72 Å². The van der Waals surface area contributed by atoms with Crippen molar-refractivity contribution >= 4 is 38.3 Å². The molecule has 2 aromatic rings. The Morgan fingerprint density at radius 3 is 2.47 bits per heavy atom. The lowest BCUT2D eigenvalue weighted by atomic mass is 10.4. The summed E-state index contributed by atoms with van der Waals surface area (Å²) in [6.45, 7) is 1.69. The van der Waals surface area contributed by atoms with Gasteiger partial charge in [-0.2, -0.15) is 4.37 Å². The molecule has 17 heavy (non-hydrogen) atoms. The monoisotopic (exact) mass is 289 g/mol. The molecule has 0 aliphatic heterocycles. The van der Waals surface area contributed by atoms with Gasteiger partial charge < -0.3 is 0 Å². The normalized spacial score (nSPS) is 11.4. The second-order valence-electron chi connectivity index (χ2n) is 3.21. The van der Waals surface area contributed by atoms with Crippen molar-refractivity contribution in [3.63, 3.8) is 0 Å². The maximum atomic E-state index is 11.9. The predicted molar refractivity (Wildman–Crippen MR) is 66.9 cm³/mol. The number of benzene rings is 1. The number of rotatable bonds is 3. The summed E-state index contributed by atoms with van der Waals surface area (Å²) in [6, 6.07) is 5.89. The fraction of sp³-hybridized carbons (Fsp3) is 0.111. The highest BCUT2D eigenvalue weighted by molar-refractivity contribution is 7.93. The number of aromatic nitrogens is 2. The minimum atomic E-state index is -3.62. The lowest BCUT2D eigenvalue weighted by Crippen LogP contribution is -2.12. The molecule has 0 saturated heterocycles. The first kappa shape index (κ1) is 12.3. The molecule has 1 heterocycles. The lowest BCUT2D eigenvalue weighted by Gasteiger charge is -2.04. The molecule has 8 heteroatoms. The van der Waals surface area contributed by atoms with Crippen LogP contribution in [0.1, 0.15) is 5.82 Å². The third-order valence-corrected chi connectivity index (χ3v) is 4.33. The van der Waals surface area contributed by atoms with E-state index in [4.69, 9.17) is 11.6 Å². The van der Waals surface area contributed by atoms with Crippen LogP contribution in [0, 0.1) is 6.92 Å². The molecule has 0 aliphatic rings. The van der Waals surface area contributed by atoms with E-state index in [9.17, 15) is 8.42 Å². The van der Waals surface area contributed by atoms with Gasteiger partial charge in [0.1, 0.15) is 5.82 Å². The number of hydrogen-bond acceptors (Lipinski definition) is 5. The van der Waals surface area contributed by atoms with E-state index in [-0.39, 0.29) is 10.0 Å². The van der Waals surface area contributed by atoms with Gasteiger partial charge >= 0.3 is 0 Å². The highest BCUT2D eigenvalue weighted by Gasteiger charge is 2.15. The van der Waals surface area contributed by atoms with Gasteiger partial charge in [0.25, 0.3) is 10.0 Å². The maximum absolute atomic E-state index is 11.9. The molecule has 0 fully saturated rings. The summed E-state index contributed by atoms with van der Waals surface area (Å²) < 4.78 is 30.1. The van der Waals surface area contributed by atoms with E-state index in [1.54, 1.807) is 6.92 Å².